The Balaban J connectivity index is 1.46. The number of ether oxygens (including phenoxy) is 3. The Morgan fingerprint density at radius 2 is 1.52 bits per heavy atom. The van der Waals surface area contributed by atoms with Gasteiger partial charge in [-0.1, -0.05) is 24.3 Å². The van der Waals surface area contributed by atoms with Gasteiger partial charge < -0.3 is 24.8 Å². The molecule has 0 saturated carbocycles. The molecule has 0 atom stereocenters. The molecule has 0 aliphatic carbocycles. The molecule has 0 amide bonds. The van der Waals surface area contributed by atoms with Gasteiger partial charge in [0.15, 0.2) is 16.6 Å². The maximum Gasteiger partial charge on any atom is 0.170 e. The molecule has 6 heteroatoms. The Hall–Kier alpha value is -3.25. The van der Waals surface area contributed by atoms with E-state index in [4.69, 9.17) is 26.4 Å². The lowest BCUT2D eigenvalue weighted by atomic mass is 10.1. The summed E-state index contributed by atoms with van der Waals surface area (Å²) in [5, 5.41) is 6.97. The van der Waals surface area contributed by atoms with Crippen molar-refractivity contribution in [2.75, 3.05) is 26.1 Å². The first-order valence-electron chi connectivity index (χ1n) is 9.26. The molecule has 0 fully saturated rings. The highest BCUT2D eigenvalue weighted by Crippen LogP contribution is 2.27. The number of nitrogens with one attached hydrogen (secondary N) is 2. The lowest BCUT2D eigenvalue weighted by molar-refractivity contribution is 0.354. The van der Waals surface area contributed by atoms with Crippen molar-refractivity contribution in [3.05, 3.63) is 78.4 Å². The Bertz CT molecular complexity index is 931. The molecule has 0 unspecified atom stereocenters. The van der Waals surface area contributed by atoms with Gasteiger partial charge in [-0.05, 0) is 72.7 Å². The first-order valence-corrected chi connectivity index (χ1v) is 9.67. The number of thiocarbonyl (C=S) groups is 1. The van der Waals surface area contributed by atoms with Crippen LogP contribution in [0.3, 0.4) is 0 Å². The van der Waals surface area contributed by atoms with E-state index in [2.05, 4.69) is 10.6 Å². The molecular formula is C23H24N2O3S. The second kappa shape index (κ2) is 10.3. The zero-order valence-electron chi connectivity index (χ0n) is 16.5. The zero-order chi connectivity index (χ0) is 20.5. The SMILES string of the molecule is COc1ccc(CCNC(=S)Nc2ccc(Oc3ccccc3)cc2)cc1OC. The van der Waals surface area contributed by atoms with Gasteiger partial charge in [0.25, 0.3) is 0 Å². The van der Waals surface area contributed by atoms with Crippen LogP contribution in [0, 0.1) is 0 Å². The highest BCUT2D eigenvalue weighted by atomic mass is 32.1. The van der Waals surface area contributed by atoms with E-state index in [1.807, 2.05) is 72.8 Å². The van der Waals surface area contributed by atoms with Crippen LogP contribution in [0.5, 0.6) is 23.0 Å². The van der Waals surface area contributed by atoms with Gasteiger partial charge >= 0.3 is 0 Å². The van der Waals surface area contributed by atoms with Crippen LogP contribution in [0.4, 0.5) is 5.69 Å². The third kappa shape index (κ3) is 6.12. The monoisotopic (exact) mass is 408 g/mol. The number of methoxy groups -OCH3 is 2. The number of hydrogen-bond acceptors (Lipinski definition) is 4. The molecule has 0 aliphatic rings. The topological polar surface area (TPSA) is 51.8 Å². The zero-order valence-corrected chi connectivity index (χ0v) is 17.3. The van der Waals surface area contributed by atoms with Crippen LogP contribution in [-0.4, -0.2) is 25.9 Å². The van der Waals surface area contributed by atoms with E-state index in [0.29, 0.717) is 11.7 Å². The molecule has 5 nitrogen and oxygen atoms in total. The third-order valence-corrected chi connectivity index (χ3v) is 4.48. The molecule has 150 valence electrons. The Morgan fingerprint density at radius 3 is 2.21 bits per heavy atom. The summed E-state index contributed by atoms with van der Waals surface area (Å²) in [5.74, 6) is 3.03. The summed E-state index contributed by atoms with van der Waals surface area (Å²) in [7, 11) is 3.26. The molecule has 0 spiro atoms. The lowest BCUT2D eigenvalue weighted by Gasteiger charge is -2.12. The van der Waals surface area contributed by atoms with Crippen molar-refractivity contribution in [1.82, 2.24) is 5.32 Å². The summed E-state index contributed by atoms with van der Waals surface area (Å²) < 4.78 is 16.4. The van der Waals surface area contributed by atoms with Gasteiger partial charge in [-0.25, -0.2) is 0 Å². The van der Waals surface area contributed by atoms with Gasteiger partial charge in [-0.3, -0.25) is 0 Å². The largest absolute Gasteiger partial charge is 0.493 e. The summed E-state index contributed by atoms with van der Waals surface area (Å²) in [4.78, 5) is 0. The van der Waals surface area contributed by atoms with E-state index in [0.717, 1.165) is 40.7 Å². The van der Waals surface area contributed by atoms with Crippen LogP contribution in [-0.2, 0) is 6.42 Å². The fourth-order valence-electron chi connectivity index (χ4n) is 2.76. The summed E-state index contributed by atoms with van der Waals surface area (Å²) in [5.41, 5.74) is 2.04. The van der Waals surface area contributed by atoms with Crippen LogP contribution < -0.4 is 24.8 Å². The van der Waals surface area contributed by atoms with Crippen molar-refractivity contribution in [2.24, 2.45) is 0 Å². The Kier molecular flexibility index (Phi) is 7.30. The molecule has 0 aliphatic heterocycles. The minimum absolute atomic E-state index is 0.571. The van der Waals surface area contributed by atoms with Gasteiger partial charge in [0.05, 0.1) is 14.2 Å². The van der Waals surface area contributed by atoms with E-state index in [1.165, 1.54) is 0 Å². The average molecular weight is 409 g/mol. The predicted octanol–water partition coefficient (Wildman–Crippen LogP) is 5.03. The minimum atomic E-state index is 0.571. The highest BCUT2D eigenvalue weighted by Gasteiger charge is 2.05. The normalized spacial score (nSPS) is 10.1. The molecule has 3 rings (SSSR count). The number of rotatable bonds is 8. The Labute approximate surface area is 176 Å². The molecule has 2 N–H and O–H groups in total. The van der Waals surface area contributed by atoms with Crippen molar-refractivity contribution in [1.29, 1.82) is 0 Å². The second-order valence-electron chi connectivity index (χ2n) is 6.26. The number of anilines is 1. The molecule has 0 aromatic heterocycles. The van der Waals surface area contributed by atoms with Crippen molar-refractivity contribution in [2.45, 2.75) is 6.42 Å². The standard InChI is InChI=1S/C23H24N2O3S/c1-26-21-13-8-17(16-22(21)27-2)14-15-24-23(29)25-18-9-11-20(12-10-18)28-19-6-4-3-5-7-19/h3-13,16H,14-15H2,1-2H3,(H2,24,25,29). The molecule has 0 saturated heterocycles. The van der Waals surface area contributed by atoms with Gasteiger partial charge in [0.2, 0.25) is 0 Å². The van der Waals surface area contributed by atoms with E-state index < -0.39 is 0 Å². The van der Waals surface area contributed by atoms with E-state index >= 15 is 0 Å². The van der Waals surface area contributed by atoms with Crippen LogP contribution >= 0.6 is 12.2 Å². The van der Waals surface area contributed by atoms with Gasteiger partial charge in [-0.15, -0.1) is 0 Å². The summed E-state index contributed by atoms with van der Waals surface area (Å²) in [6, 6.07) is 23.3. The fraction of sp³-hybridized carbons (Fsp3) is 0.174. The van der Waals surface area contributed by atoms with Crippen LogP contribution in [0.1, 0.15) is 5.56 Å². The van der Waals surface area contributed by atoms with Crippen LogP contribution in [0.2, 0.25) is 0 Å². The number of para-hydroxylation sites is 1. The van der Waals surface area contributed by atoms with Crippen molar-refractivity contribution in [3.8, 4) is 23.0 Å². The molecule has 3 aromatic rings. The summed E-state index contributed by atoms with van der Waals surface area (Å²) in [6.07, 6.45) is 0.812. The highest BCUT2D eigenvalue weighted by molar-refractivity contribution is 7.80. The van der Waals surface area contributed by atoms with Crippen molar-refractivity contribution >= 4 is 23.0 Å². The van der Waals surface area contributed by atoms with Crippen LogP contribution in [0.25, 0.3) is 0 Å². The first kappa shape index (κ1) is 20.5. The fourth-order valence-corrected chi connectivity index (χ4v) is 2.98. The predicted molar refractivity (Wildman–Crippen MR) is 120 cm³/mol. The molecule has 0 bridgehead atoms. The van der Waals surface area contributed by atoms with Crippen molar-refractivity contribution < 1.29 is 14.2 Å². The van der Waals surface area contributed by atoms with Gasteiger partial charge in [0, 0.05) is 12.2 Å². The van der Waals surface area contributed by atoms with E-state index in [9.17, 15) is 0 Å². The van der Waals surface area contributed by atoms with E-state index in [1.54, 1.807) is 14.2 Å². The molecule has 29 heavy (non-hydrogen) atoms. The number of hydrogen-bond donors (Lipinski definition) is 2. The van der Waals surface area contributed by atoms with Gasteiger partial charge in [-0.2, -0.15) is 0 Å². The van der Waals surface area contributed by atoms with E-state index in [-0.39, 0.29) is 0 Å². The molecule has 0 heterocycles. The summed E-state index contributed by atoms with van der Waals surface area (Å²) in [6.45, 7) is 0.705. The average Bonchev–Trinajstić information content (AvgIpc) is 2.75. The second-order valence-corrected chi connectivity index (χ2v) is 6.67. The molecule has 0 radical (unpaired) electrons. The third-order valence-electron chi connectivity index (χ3n) is 4.24. The smallest absolute Gasteiger partial charge is 0.170 e. The number of benzene rings is 3. The quantitative estimate of drug-likeness (QED) is 0.510. The lowest BCUT2D eigenvalue weighted by Crippen LogP contribution is -2.30. The van der Waals surface area contributed by atoms with Crippen LogP contribution in [0.15, 0.2) is 72.8 Å². The maximum atomic E-state index is 5.79. The summed E-state index contributed by atoms with van der Waals surface area (Å²) >= 11 is 5.38. The minimum Gasteiger partial charge on any atom is -0.493 e. The Morgan fingerprint density at radius 1 is 0.828 bits per heavy atom. The molecule has 3 aromatic carbocycles. The van der Waals surface area contributed by atoms with Crippen molar-refractivity contribution in [3.63, 3.8) is 0 Å². The van der Waals surface area contributed by atoms with Gasteiger partial charge in [0.1, 0.15) is 11.5 Å². The first-order chi connectivity index (χ1) is 14.2. The molecular weight excluding hydrogens is 384 g/mol. The maximum absolute atomic E-state index is 5.79.